The molecule has 8 nitrogen and oxygen atoms in total. The molecule has 0 unspecified atom stereocenters. The molecule has 0 aliphatic heterocycles. The summed E-state index contributed by atoms with van der Waals surface area (Å²) in [5.41, 5.74) is 9.94. The minimum atomic E-state index is 0.532. The lowest BCUT2D eigenvalue weighted by Crippen LogP contribution is -2.06. The first-order valence-electron chi connectivity index (χ1n) is 18.8. The summed E-state index contributed by atoms with van der Waals surface area (Å²) < 4.78 is 15.0. The summed E-state index contributed by atoms with van der Waals surface area (Å²) in [5, 5.41) is 5.00. The number of furan rings is 2. The lowest BCUT2D eigenvalue weighted by atomic mass is 10.0. The Bertz CT molecular complexity index is 3480. The Morgan fingerprint density at radius 2 is 1.00 bits per heavy atom. The Morgan fingerprint density at radius 1 is 0.386 bits per heavy atom. The van der Waals surface area contributed by atoms with Crippen LogP contribution in [-0.2, 0) is 0 Å². The van der Waals surface area contributed by atoms with Gasteiger partial charge in [0.15, 0.2) is 23.1 Å². The van der Waals surface area contributed by atoms with Gasteiger partial charge in [0.25, 0.3) is 0 Å². The van der Waals surface area contributed by atoms with Gasteiger partial charge in [-0.25, -0.2) is 15.0 Å². The first kappa shape index (κ1) is 31.4. The van der Waals surface area contributed by atoms with Crippen LogP contribution in [0.25, 0.3) is 117 Å². The molecule has 0 N–H and O–H groups in total. The van der Waals surface area contributed by atoms with Gasteiger partial charge in [0, 0.05) is 49.2 Å². The molecule has 0 saturated heterocycles. The van der Waals surface area contributed by atoms with Gasteiger partial charge in [0.1, 0.15) is 28.0 Å². The smallest absolute Gasteiger partial charge is 0.238 e. The maximum atomic E-state index is 6.51. The molecule has 0 fully saturated rings. The zero-order valence-electron chi connectivity index (χ0n) is 30.2. The van der Waals surface area contributed by atoms with Gasteiger partial charge in [-0.1, -0.05) is 121 Å². The fourth-order valence-corrected chi connectivity index (χ4v) is 8.10. The number of hydrogen-bond donors (Lipinski definition) is 0. The molecule has 7 aromatic carbocycles. The summed E-state index contributed by atoms with van der Waals surface area (Å²) in [6.45, 7) is 0. The van der Waals surface area contributed by atoms with Crippen LogP contribution in [0.5, 0.6) is 0 Å². The SMILES string of the molecule is c1ccc(-c2nc(-c3cccc4oc5ccc(-c6nc(-c7ccccc7)c7oc8ccccc8c7n6)cc5c34)nc(-n3c4ccccc4c4ccccc43)n2)cc1. The van der Waals surface area contributed by atoms with Crippen LogP contribution in [0.15, 0.2) is 179 Å². The van der Waals surface area contributed by atoms with Crippen LogP contribution in [0.1, 0.15) is 0 Å². The van der Waals surface area contributed by atoms with Gasteiger partial charge in [-0.05, 0) is 48.5 Å². The van der Waals surface area contributed by atoms with E-state index in [-0.39, 0.29) is 0 Å². The third kappa shape index (κ3) is 4.91. The van der Waals surface area contributed by atoms with Gasteiger partial charge < -0.3 is 8.83 Å². The number of para-hydroxylation sites is 3. The molecule has 0 atom stereocenters. The number of hydrogen-bond acceptors (Lipinski definition) is 7. The summed E-state index contributed by atoms with van der Waals surface area (Å²) in [5.74, 6) is 2.23. The molecule has 266 valence electrons. The predicted octanol–water partition coefficient (Wildman–Crippen LogP) is 12.2. The van der Waals surface area contributed by atoms with Crippen molar-refractivity contribution in [2.75, 3.05) is 0 Å². The molecule has 0 aliphatic carbocycles. The molecule has 57 heavy (non-hydrogen) atoms. The second-order valence-corrected chi connectivity index (χ2v) is 14.0. The van der Waals surface area contributed by atoms with Gasteiger partial charge in [0.05, 0.1) is 11.0 Å². The Morgan fingerprint density at radius 3 is 1.77 bits per heavy atom. The van der Waals surface area contributed by atoms with E-state index in [1.807, 2.05) is 121 Å². The minimum Gasteiger partial charge on any atom is -0.456 e. The second-order valence-electron chi connectivity index (χ2n) is 14.0. The number of benzene rings is 7. The van der Waals surface area contributed by atoms with E-state index in [2.05, 4.69) is 53.1 Å². The number of aromatic nitrogens is 6. The summed E-state index contributed by atoms with van der Waals surface area (Å²) in [4.78, 5) is 25.8. The van der Waals surface area contributed by atoms with Crippen LogP contribution in [0, 0.1) is 0 Å². The summed E-state index contributed by atoms with van der Waals surface area (Å²) >= 11 is 0. The van der Waals surface area contributed by atoms with Crippen molar-refractivity contribution < 1.29 is 8.83 Å². The average molecular weight is 733 g/mol. The number of rotatable bonds is 5. The number of fused-ring (bicyclic) bond motifs is 9. The van der Waals surface area contributed by atoms with E-state index in [1.165, 1.54) is 0 Å². The van der Waals surface area contributed by atoms with Gasteiger partial charge in [-0.2, -0.15) is 9.97 Å². The zero-order chi connectivity index (χ0) is 37.5. The molecule has 0 saturated carbocycles. The first-order valence-corrected chi connectivity index (χ1v) is 18.8. The molecule has 0 radical (unpaired) electrons. The monoisotopic (exact) mass is 732 g/mol. The quantitative estimate of drug-likeness (QED) is 0.174. The van der Waals surface area contributed by atoms with Crippen LogP contribution in [0.2, 0.25) is 0 Å². The third-order valence-electron chi connectivity index (χ3n) is 10.7. The highest BCUT2D eigenvalue weighted by Gasteiger charge is 2.22. The topological polar surface area (TPSA) is 95.7 Å². The van der Waals surface area contributed by atoms with Crippen LogP contribution in [0.3, 0.4) is 0 Å². The van der Waals surface area contributed by atoms with Gasteiger partial charge in [-0.15, -0.1) is 0 Å². The summed E-state index contributed by atoms with van der Waals surface area (Å²) in [6.07, 6.45) is 0. The van der Waals surface area contributed by atoms with E-state index >= 15 is 0 Å². The highest BCUT2D eigenvalue weighted by Crippen LogP contribution is 2.40. The molecular weight excluding hydrogens is 705 g/mol. The second kappa shape index (κ2) is 12.3. The van der Waals surface area contributed by atoms with Crippen molar-refractivity contribution in [3.63, 3.8) is 0 Å². The van der Waals surface area contributed by atoms with Crippen molar-refractivity contribution in [3.8, 4) is 51.4 Å². The fraction of sp³-hybridized carbons (Fsp3) is 0. The highest BCUT2D eigenvalue weighted by atomic mass is 16.3. The highest BCUT2D eigenvalue weighted by molar-refractivity contribution is 6.13. The summed E-state index contributed by atoms with van der Waals surface area (Å²) in [7, 11) is 0. The molecular formula is C49H28N6O2. The standard InChI is InChI=1S/C49H28N6O2/c1-3-14-29(15-4-1)43-45-44(34-20-9-12-24-39(34)57-45)51-47(50-43)31-26-27-40-36(28-31)42-35(21-13-25-41(42)56-40)48-52-46(30-16-5-2-6-17-30)53-49(54-48)55-37-22-10-7-18-32(37)33-19-8-11-23-38(33)55/h1-28H. The van der Waals surface area contributed by atoms with Gasteiger partial charge in [0.2, 0.25) is 5.95 Å². The Hall–Kier alpha value is -7.97. The molecule has 0 amide bonds. The zero-order valence-corrected chi connectivity index (χ0v) is 30.2. The third-order valence-corrected chi connectivity index (χ3v) is 10.7. The van der Waals surface area contributed by atoms with Crippen molar-refractivity contribution in [2.24, 2.45) is 0 Å². The van der Waals surface area contributed by atoms with Crippen LogP contribution in [0.4, 0.5) is 0 Å². The molecule has 0 spiro atoms. The normalized spacial score (nSPS) is 11.9. The average Bonchev–Trinajstić information content (AvgIpc) is 3.96. The molecule has 0 aliphatic rings. The molecule has 5 heterocycles. The van der Waals surface area contributed by atoms with E-state index < -0.39 is 0 Å². The van der Waals surface area contributed by atoms with Crippen LogP contribution in [-0.4, -0.2) is 29.5 Å². The van der Waals surface area contributed by atoms with Crippen molar-refractivity contribution >= 4 is 65.8 Å². The van der Waals surface area contributed by atoms with E-state index in [9.17, 15) is 0 Å². The predicted molar refractivity (Wildman–Crippen MR) is 226 cm³/mol. The molecule has 12 rings (SSSR count). The Labute approximate surface area is 324 Å². The van der Waals surface area contributed by atoms with Crippen molar-refractivity contribution in [2.45, 2.75) is 0 Å². The van der Waals surface area contributed by atoms with E-state index in [1.54, 1.807) is 0 Å². The Balaban J connectivity index is 1.10. The van der Waals surface area contributed by atoms with Crippen molar-refractivity contribution in [1.82, 2.24) is 29.5 Å². The minimum absolute atomic E-state index is 0.532. The molecule has 12 aromatic rings. The van der Waals surface area contributed by atoms with Crippen LogP contribution >= 0.6 is 0 Å². The lowest BCUT2D eigenvalue weighted by molar-refractivity contribution is 0.667. The van der Waals surface area contributed by atoms with Crippen molar-refractivity contribution in [1.29, 1.82) is 0 Å². The van der Waals surface area contributed by atoms with Gasteiger partial charge >= 0.3 is 0 Å². The van der Waals surface area contributed by atoms with E-state index in [4.69, 9.17) is 33.8 Å². The maximum absolute atomic E-state index is 6.51. The molecule has 5 aromatic heterocycles. The summed E-state index contributed by atoms with van der Waals surface area (Å²) in [6, 6.07) is 57.0. The van der Waals surface area contributed by atoms with Crippen molar-refractivity contribution in [3.05, 3.63) is 170 Å². The molecule has 0 bridgehead atoms. The molecule has 8 heteroatoms. The van der Waals surface area contributed by atoms with Crippen LogP contribution < -0.4 is 0 Å². The lowest BCUT2D eigenvalue weighted by Gasteiger charge is -2.11. The van der Waals surface area contributed by atoms with E-state index in [0.717, 1.165) is 88.2 Å². The first-order chi connectivity index (χ1) is 28.2. The van der Waals surface area contributed by atoms with Gasteiger partial charge in [-0.3, -0.25) is 4.57 Å². The fourth-order valence-electron chi connectivity index (χ4n) is 8.10. The van der Waals surface area contributed by atoms with E-state index in [0.29, 0.717) is 29.0 Å². The Kier molecular flexibility index (Phi) is 6.76. The largest absolute Gasteiger partial charge is 0.456 e. The maximum Gasteiger partial charge on any atom is 0.238 e. The number of nitrogens with zero attached hydrogens (tertiary/aromatic N) is 6.